The number of alkyl halides is 2. The van der Waals surface area contributed by atoms with Crippen LogP contribution in [0.5, 0.6) is 0 Å². The molecule has 0 N–H and O–H groups in total. The molecule has 0 amide bonds. The van der Waals surface area contributed by atoms with Gasteiger partial charge in [0.15, 0.2) is 0 Å². The van der Waals surface area contributed by atoms with Crippen LogP contribution in [0.1, 0.15) is 5.56 Å². The van der Waals surface area contributed by atoms with E-state index in [0.29, 0.717) is 5.88 Å². The van der Waals surface area contributed by atoms with Crippen molar-refractivity contribution in [2.75, 3.05) is 24.3 Å². The minimum absolute atomic E-state index is 0. The Balaban J connectivity index is 0.00000196. The van der Waals surface area contributed by atoms with Crippen molar-refractivity contribution in [2.45, 2.75) is 6.54 Å². The first kappa shape index (κ1) is 15.4. The molecule has 0 atom stereocenters. The monoisotopic (exact) mass is 355 g/mol. The zero-order valence-electron chi connectivity index (χ0n) is 8.53. The molecule has 0 unspecified atom stereocenters. The fourth-order valence-electron chi connectivity index (χ4n) is 1.35. The van der Waals surface area contributed by atoms with Gasteiger partial charge in [0.25, 0.3) is 0 Å². The predicted octanol–water partition coefficient (Wildman–Crippen LogP) is 3.70. The Kier molecular flexibility index (Phi) is 9.92. The van der Waals surface area contributed by atoms with Gasteiger partial charge in [0, 0.05) is 30.8 Å². The van der Waals surface area contributed by atoms with Gasteiger partial charge in [-0.15, -0.1) is 28.6 Å². The highest BCUT2D eigenvalue weighted by Gasteiger charge is 2.03. The summed E-state index contributed by atoms with van der Waals surface area (Å²) in [5.41, 5.74) is 1.35. The number of halogens is 3. The van der Waals surface area contributed by atoms with Gasteiger partial charge >= 0.3 is 0 Å². The maximum absolute atomic E-state index is 5.74. The van der Waals surface area contributed by atoms with E-state index in [-0.39, 0.29) is 17.0 Å². The summed E-state index contributed by atoms with van der Waals surface area (Å²) in [5.74, 6) is 0.694. The number of nitrogens with zero attached hydrogens (tertiary/aromatic N) is 1. The summed E-state index contributed by atoms with van der Waals surface area (Å²) in [5, 5.41) is 0.997. The van der Waals surface area contributed by atoms with Crippen molar-refractivity contribution in [2.24, 2.45) is 0 Å². The molecule has 15 heavy (non-hydrogen) atoms. The van der Waals surface area contributed by atoms with E-state index < -0.39 is 0 Å². The third-order valence-electron chi connectivity index (χ3n) is 2.05. The first-order valence-electron chi connectivity index (χ1n) is 4.75. The molecule has 0 aliphatic heterocycles. The summed E-state index contributed by atoms with van der Waals surface area (Å²) >= 11 is 9.19. The second-order valence-corrected chi connectivity index (χ2v) is 4.31. The number of rotatable bonds is 6. The Morgan fingerprint density at radius 1 is 1.13 bits per heavy atom. The largest absolute Gasteiger partial charge is 0.297 e. The molecular formula is C11H16Br2ClN. The standard InChI is InChI=1S/C11H15BrClN.BrH/c12-6-8-14(9-7-13)10-11-4-2-1-3-5-11;/h1-5H,6-10H2;1H. The van der Waals surface area contributed by atoms with Crippen LogP contribution in [0.4, 0.5) is 0 Å². The van der Waals surface area contributed by atoms with Crippen molar-refractivity contribution >= 4 is 44.5 Å². The summed E-state index contributed by atoms with van der Waals surface area (Å²) in [6, 6.07) is 10.5. The van der Waals surface area contributed by atoms with Crippen molar-refractivity contribution < 1.29 is 0 Å². The molecule has 0 heterocycles. The molecule has 1 rings (SSSR count). The zero-order chi connectivity index (χ0) is 10.2. The maximum Gasteiger partial charge on any atom is 0.0351 e. The van der Waals surface area contributed by atoms with E-state index in [1.165, 1.54) is 5.56 Å². The summed E-state index contributed by atoms with van der Waals surface area (Å²) in [6.45, 7) is 2.98. The van der Waals surface area contributed by atoms with Crippen molar-refractivity contribution in [3.8, 4) is 0 Å². The molecule has 0 bridgehead atoms. The Morgan fingerprint density at radius 3 is 2.33 bits per heavy atom. The van der Waals surface area contributed by atoms with Crippen molar-refractivity contribution in [1.29, 1.82) is 0 Å². The van der Waals surface area contributed by atoms with Gasteiger partial charge in [-0.25, -0.2) is 0 Å². The minimum atomic E-state index is 0. The summed E-state index contributed by atoms with van der Waals surface area (Å²) in [4.78, 5) is 2.34. The highest BCUT2D eigenvalue weighted by Crippen LogP contribution is 2.04. The van der Waals surface area contributed by atoms with E-state index in [1.54, 1.807) is 0 Å². The van der Waals surface area contributed by atoms with Crippen LogP contribution < -0.4 is 0 Å². The van der Waals surface area contributed by atoms with Gasteiger partial charge in [0.2, 0.25) is 0 Å². The molecule has 0 aliphatic rings. The van der Waals surface area contributed by atoms with Crippen LogP contribution in [0.15, 0.2) is 30.3 Å². The quantitative estimate of drug-likeness (QED) is 0.702. The molecule has 0 spiro atoms. The number of benzene rings is 1. The lowest BCUT2D eigenvalue weighted by Gasteiger charge is -2.19. The molecular weight excluding hydrogens is 341 g/mol. The molecule has 86 valence electrons. The van der Waals surface area contributed by atoms with E-state index >= 15 is 0 Å². The Hall–Kier alpha value is 0.430. The molecule has 0 aromatic heterocycles. The lowest BCUT2D eigenvalue weighted by molar-refractivity contribution is 0.301. The Labute approximate surface area is 116 Å². The third-order valence-corrected chi connectivity index (χ3v) is 2.57. The van der Waals surface area contributed by atoms with Crippen LogP contribution in [0, 0.1) is 0 Å². The lowest BCUT2D eigenvalue weighted by atomic mass is 10.2. The third kappa shape index (κ3) is 6.56. The van der Waals surface area contributed by atoms with Crippen LogP contribution in [0.25, 0.3) is 0 Å². The minimum Gasteiger partial charge on any atom is -0.297 e. The molecule has 0 saturated heterocycles. The average molecular weight is 358 g/mol. The molecule has 0 saturated carbocycles. The summed E-state index contributed by atoms with van der Waals surface area (Å²) in [6.07, 6.45) is 0. The summed E-state index contributed by atoms with van der Waals surface area (Å²) < 4.78 is 0. The van der Waals surface area contributed by atoms with Crippen LogP contribution in [0.3, 0.4) is 0 Å². The topological polar surface area (TPSA) is 3.24 Å². The fourth-order valence-corrected chi connectivity index (χ4v) is 2.09. The van der Waals surface area contributed by atoms with Gasteiger partial charge < -0.3 is 0 Å². The van der Waals surface area contributed by atoms with E-state index in [2.05, 4.69) is 45.1 Å². The molecule has 1 nitrogen and oxygen atoms in total. The molecule has 1 aromatic rings. The second-order valence-electron chi connectivity index (χ2n) is 3.14. The molecule has 0 radical (unpaired) electrons. The Bertz CT molecular complexity index is 238. The normalized spacial score (nSPS) is 10.1. The lowest BCUT2D eigenvalue weighted by Crippen LogP contribution is -2.27. The SMILES string of the molecule is Br.ClCCN(CCBr)Cc1ccccc1. The van der Waals surface area contributed by atoms with Crippen LogP contribution in [0.2, 0.25) is 0 Å². The van der Waals surface area contributed by atoms with Crippen LogP contribution >= 0.6 is 44.5 Å². The highest BCUT2D eigenvalue weighted by molar-refractivity contribution is 9.09. The highest BCUT2D eigenvalue weighted by atomic mass is 79.9. The zero-order valence-corrected chi connectivity index (χ0v) is 12.6. The Morgan fingerprint density at radius 2 is 1.80 bits per heavy atom. The predicted molar refractivity (Wildman–Crippen MR) is 76.6 cm³/mol. The molecule has 0 aliphatic carbocycles. The summed E-state index contributed by atoms with van der Waals surface area (Å²) in [7, 11) is 0. The van der Waals surface area contributed by atoms with Crippen LogP contribution in [-0.2, 0) is 6.54 Å². The maximum atomic E-state index is 5.74. The van der Waals surface area contributed by atoms with Gasteiger partial charge in [-0.05, 0) is 5.56 Å². The van der Waals surface area contributed by atoms with Crippen molar-refractivity contribution in [3.05, 3.63) is 35.9 Å². The smallest absolute Gasteiger partial charge is 0.0351 e. The van der Waals surface area contributed by atoms with Gasteiger partial charge in [0.1, 0.15) is 0 Å². The van der Waals surface area contributed by atoms with Gasteiger partial charge in [0.05, 0.1) is 0 Å². The first-order valence-corrected chi connectivity index (χ1v) is 6.40. The van der Waals surface area contributed by atoms with Gasteiger partial charge in [-0.2, -0.15) is 0 Å². The van der Waals surface area contributed by atoms with Gasteiger partial charge in [-0.1, -0.05) is 46.3 Å². The molecule has 4 heteroatoms. The number of hydrogen-bond donors (Lipinski definition) is 0. The van der Waals surface area contributed by atoms with E-state index in [9.17, 15) is 0 Å². The molecule has 1 aromatic carbocycles. The fraction of sp³-hybridized carbons (Fsp3) is 0.455. The van der Waals surface area contributed by atoms with Crippen LogP contribution in [-0.4, -0.2) is 29.2 Å². The van der Waals surface area contributed by atoms with Crippen molar-refractivity contribution in [1.82, 2.24) is 4.90 Å². The average Bonchev–Trinajstić information content (AvgIpc) is 2.20. The molecule has 0 fully saturated rings. The first-order chi connectivity index (χ1) is 6.86. The van der Waals surface area contributed by atoms with E-state index in [0.717, 1.165) is 25.0 Å². The van der Waals surface area contributed by atoms with E-state index in [1.807, 2.05) is 6.07 Å². The van der Waals surface area contributed by atoms with E-state index in [4.69, 9.17) is 11.6 Å². The van der Waals surface area contributed by atoms with Crippen molar-refractivity contribution in [3.63, 3.8) is 0 Å². The number of hydrogen-bond acceptors (Lipinski definition) is 1. The second kappa shape index (κ2) is 9.64. The van der Waals surface area contributed by atoms with Gasteiger partial charge in [-0.3, -0.25) is 4.90 Å².